The SMILES string of the molecule is Oc1ccc(NC2CCNCc3ccccc32)cc1F. The Morgan fingerprint density at radius 2 is 2.05 bits per heavy atom. The monoisotopic (exact) mass is 272 g/mol. The van der Waals surface area contributed by atoms with Crippen LogP contribution in [0, 0.1) is 5.82 Å². The van der Waals surface area contributed by atoms with Crippen LogP contribution in [0.15, 0.2) is 42.5 Å². The molecule has 0 aromatic heterocycles. The van der Waals surface area contributed by atoms with Gasteiger partial charge in [0.25, 0.3) is 0 Å². The molecule has 2 aromatic rings. The number of nitrogens with one attached hydrogen (secondary N) is 2. The molecular weight excluding hydrogens is 255 g/mol. The highest BCUT2D eigenvalue weighted by Crippen LogP contribution is 2.28. The van der Waals surface area contributed by atoms with Crippen molar-refractivity contribution in [3.63, 3.8) is 0 Å². The van der Waals surface area contributed by atoms with Crippen molar-refractivity contribution in [2.45, 2.75) is 19.0 Å². The zero-order valence-electron chi connectivity index (χ0n) is 11.1. The first-order valence-electron chi connectivity index (χ1n) is 6.77. The van der Waals surface area contributed by atoms with Gasteiger partial charge in [0.2, 0.25) is 0 Å². The maximum atomic E-state index is 13.4. The molecule has 1 aliphatic heterocycles. The van der Waals surface area contributed by atoms with Gasteiger partial charge in [-0.15, -0.1) is 0 Å². The Hall–Kier alpha value is -2.07. The van der Waals surface area contributed by atoms with Gasteiger partial charge in [0.15, 0.2) is 11.6 Å². The maximum Gasteiger partial charge on any atom is 0.166 e. The van der Waals surface area contributed by atoms with E-state index in [-0.39, 0.29) is 11.8 Å². The highest BCUT2D eigenvalue weighted by molar-refractivity contribution is 5.49. The van der Waals surface area contributed by atoms with Crippen LogP contribution < -0.4 is 10.6 Å². The van der Waals surface area contributed by atoms with Gasteiger partial charge in [0.05, 0.1) is 6.04 Å². The van der Waals surface area contributed by atoms with E-state index in [1.54, 1.807) is 6.07 Å². The summed E-state index contributed by atoms with van der Waals surface area (Å²) < 4.78 is 13.4. The average Bonchev–Trinajstić information content (AvgIpc) is 2.66. The summed E-state index contributed by atoms with van der Waals surface area (Å²) in [6, 6.07) is 12.8. The zero-order valence-corrected chi connectivity index (χ0v) is 11.1. The normalized spacial score (nSPS) is 18.1. The Morgan fingerprint density at radius 3 is 2.90 bits per heavy atom. The van der Waals surface area contributed by atoms with Crippen molar-refractivity contribution in [3.8, 4) is 5.75 Å². The van der Waals surface area contributed by atoms with Gasteiger partial charge in [-0.25, -0.2) is 4.39 Å². The van der Waals surface area contributed by atoms with E-state index in [1.807, 2.05) is 12.1 Å². The zero-order chi connectivity index (χ0) is 13.9. The van der Waals surface area contributed by atoms with Crippen molar-refractivity contribution in [3.05, 3.63) is 59.4 Å². The first-order chi connectivity index (χ1) is 9.74. The van der Waals surface area contributed by atoms with Crippen LogP contribution in [0.3, 0.4) is 0 Å². The molecule has 3 rings (SSSR count). The predicted molar refractivity (Wildman–Crippen MR) is 77.2 cm³/mol. The van der Waals surface area contributed by atoms with Crippen LogP contribution in [-0.4, -0.2) is 11.7 Å². The standard InChI is InChI=1S/C16H17FN2O/c17-14-9-12(5-6-16(14)20)19-15-7-8-18-10-11-3-1-2-4-13(11)15/h1-6,9,15,18-20H,7-8,10H2. The third kappa shape index (κ3) is 2.60. The maximum absolute atomic E-state index is 13.4. The minimum atomic E-state index is -0.602. The summed E-state index contributed by atoms with van der Waals surface area (Å²) in [6.07, 6.45) is 0.930. The van der Waals surface area contributed by atoms with Crippen LogP contribution in [0.2, 0.25) is 0 Å². The predicted octanol–water partition coefficient (Wildman–Crippen LogP) is 3.18. The Bertz CT molecular complexity index is 615. The third-order valence-electron chi connectivity index (χ3n) is 3.64. The molecule has 3 nitrogen and oxygen atoms in total. The number of halogens is 1. The smallest absolute Gasteiger partial charge is 0.166 e. The van der Waals surface area contributed by atoms with Crippen LogP contribution in [0.25, 0.3) is 0 Å². The number of fused-ring (bicyclic) bond motifs is 1. The topological polar surface area (TPSA) is 44.3 Å². The number of aromatic hydroxyl groups is 1. The molecule has 1 heterocycles. The minimum Gasteiger partial charge on any atom is -0.505 e. The van der Waals surface area contributed by atoms with Crippen molar-refractivity contribution in [1.29, 1.82) is 0 Å². The third-order valence-corrected chi connectivity index (χ3v) is 3.64. The molecule has 0 bridgehead atoms. The summed E-state index contributed by atoms with van der Waals surface area (Å²) >= 11 is 0. The fraction of sp³-hybridized carbons (Fsp3) is 0.250. The number of hydrogen-bond acceptors (Lipinski definition) is 3. The lowest BCUT2D eigenvalue weighted by Gasteiger charge is -2.20. The summed E-state index contributed by atoms with van der Waals surface area (Å²) in [5.74, 6) is -0.923. The highest BCUT2D eigenvalue weighted by atomic mass is 19.1. The molecule has 0 aliphatic carbocycles. The minimum absolute atomic E-state index is 0.144. The van der Waals surface area contributed by atoms with Crippen LogP contribution >= 0.6 is 0 Å². The molecule has 1 unspecified atom stereocenters. The molecular formula is C16H17FN2O. The van der Waals surface area contributed by atoms with E-state index in [4.69, 9.17) is 0 Å². The molecule has 4 heteroatoms. The van der Waals surface area contributed by atoms with E-state index in [0.717, 1.165) is 19.5 Å². The Morgan fingerprint density at radius 1 is 1.20 bits per heavy atom. The molecule has 0 saturated carbocycles. The van der Waals surface area contributed by atoms with Gasteiger partial charge in [-0.1, -0.05) is 24.3 Å². The Balaban J connectivity index is 1.88. The van der Waals surface area contributed by atoms with Crippen LogP contribution in [0.5, 0.6) is 5.75 Å². The number of anilines is 1. The van der Waals surface area contributed by atoms with E-state index in [1.165, 1.54) is 23.3 Å². The molecule has 1 atom stereocenters. The van der Waals surface area contributed by atoms with Gasteiger partial charge in [-0.3, -0.25) is 0 Å². The Kier molecular flexibility index (Phi) is 3.56. The molecule has 104 valence electrons. The van der Waals surface area contributed by atoms with Gasteiger partial charge in [-0.05, 0) is 36.2 Å². The first kappa shape index (κ1) is 12.9. The molecule has 1 aliphatic rings. The molecule has 0 spiro atoms. The van der Waals surface area contributed by atoms with Gasteiger partial charge in [-0.2, -0.15) is 0 Å². The number of hydrogen-bond donors (Lipinski definition) is 3. The van der Waals surface area contributed by atoms with Crippen LogP contribution in [-0.2, 0) is 6.54 Å². The molecule has 0 radical (unpaired) electrons. The first-order valence-corrected chi connectivity index (χ1v) is 6.77. The lowest BCUT2D eigenvalue weighted by atomic mass is 9.99. The van der Waals surface area contributed by atoms with Crippen LogP contribution in [0.4, 0.5) is 10.1 Å². The van der Waals surface area contributed by atoms with E-state index in [0.29, 0.717) is 5.69 Å². The van der Waals surface area contributed by atoms with Gasteiger partial charge < -0.3 is 15.7 Å². The average molecular weight is 272 g/mol. The van der Waals surface area contributed by atoms with Crippen molar-refractivity contribution in [2.75, 3.05) is 11.9 Å². The largest absolute Gasteiger partial charge is 0.505 e. The van der Waals surface area contributed by atoms with E-state index in [9.17, 15) is 9.50 Å². The molecule has 0 amide bonds. The molecule has 20 heavy (non-hydrogen) atoms. The van der Waals surface area contributed by atoms with Gasteiger partial charge in [0.1, 0.15) is 0 Å². The second-order valence-electron chi connectivity index (χ2n) is 5.03. The fourth-order valence-corrected chi connectivity index (χ4v) is 2.61. The van der Waals surface area contributed by atoms with Crippen molar-refractivity contribution >= 4 is 5.69 Å². The fourth-order valence-electron chi connectivity index (χ4n) is 2.61. The highest BCUT2D eigenvalue weighted by Gasteiger charge is 2.18. The quantitative estimate of drug-likeness (QED) is 0.736. The van der Waals surface area contributed by atoms with E-state index in [2.05, 4.69) is 22.8 Å². The molecule has 0 fully saturated rings. The van der Waals surface area contributed by atoms with E-state index >= 15 is 0 Å². The lowest BCUT2D eigenvalue weighted by molar-refractivity contribution is 0.432. The Labute approximate surface area is 117 Å². The van der Waals surface area contributed by atoms with Crippen molar-refractivity contribution < 1.29 is 9.50 Å². The number of phenolic OH excluding ortho intramolecular Hbond substituents is 1. The van der Waals surface area contributed by atoms with Crippen molar-refractivity contribution in [2.24, 2.45) is 0 Å². The number of benzene rings is 2. The second kappa shape index (κ2) is 5.51. The number of phenols is 1. The summed E-state index contributed by atoms with van der Waals surface area (Å²) in [7, 11) is 0. The van der Waals surface area contributed by atoms with Crippen molar-refractivity contribution in [1.82, 2.24) is 5.32 Å². The lowest BCUT2D eigenvalue weighted by Crippen LogP contribution is -2.15. The summed E-state index contributed by atoms with van der Waals surface area (Å²) in [5.41, 5.74) is 3.19. The summed E-state index contributed by atoms with van der Waals surface area (Å²) in [6.45, 7) is 1.77. The van der Waals surface area contributed by atoms with Crippen LogP contribution in [0.1, 0.15) is 23.6 Å². The van der Waals surface area contributed by atoms with Gasteiger partial charge >= 0.3 is 0 Å². The van der Waals surface area contributed by atoms with Gasteiger partial charge in [0, 0.05) is 18.3 Å². The molecule has 2 aromatic carbocycles. The second-order valence-corrected chi connectivity index (χ2v) is 5.03. The summed E-state index contributed by atoms with van der Waals surface area (Å²) in [4.78, 5) is 0. The summed E-state index contributed by atoms with van der Waals surface area (Å²) in [5, 5.41) is 16.0. The molecule has 3 N–H and O–H groups in total. The molecule has 0 saturated heterocycles. The number of rotatable bonds is 2. The van der Waals surface area contributed by atoms with E-state index < -0.39 is 5.82 Å².